The Labute approximate surface area is 271 Å². The molecule has 2 N–H and O–H groups in total. The Kier molecular flexibility index (Phi) is 7.88. The highest BCUT2D eigenvalue weighted by atomic mass is 35.5. The van der Waals surface area contributed by atoms with Crippen LogP contribution in [0, 0.1) is 17.8 Å². The quantitative estimate of drug-likeness (QED) is 0.212. The molecule has 0 saturated heterocycles. The summed E-state index contributed by atoms with van der Waals surface area (Å²) in [6, 6.07) is 19.9. The lowest BCUT2D eigenvalue weighted by atomic mass is 9.51. The van der Waals surface area contributed by atoms with E-state index >= 15 is 0 Å². The van der Waals surface area contributed by atoms with Gasteiger partial charge in [0, 0.05) is 41.0 Å². The molecule has 0 radical (unpaired) electrons. The summed E-state index contributed by atoms with van der Waals surface area (Å²) in [5.41, 5.74) is 2.26. The summed E-state index contributed by atoms with van der Waals surface area (Å²) in [4.78, 5) is 57.2. The van der Waals surface area contributed by atoms with Gasteiger partial charge < -0.3 is 15.4 Å². The van der Waals surface area contributed by atoms with Crippen LogP contribution in [0.25, 0.3) is 16.7 Å². The number of rotatable bonds is 8. The number of benzene rings is 2. The minimum absolute atomic E-state index is 0.0386. The van der Waals surface area contributed by atoms with Crippen LogP contribution in [0.5, 0.6) is 0 Å². The third-order valence-corrected chi connectivity index (χ3v) is 10.4. The number of nitrogens with zero attached hydrogens (tertiary/aromatic N) is 2. The zero-order valence-corrected chi connectivity index (χ0v) is 26.3. The molecule has 8 rings (SSSR count). The van der Waals surface area contributed by atoms with Crippen LogP contribution in [0.4, 0.5) is 0 Å². The molecule has 4 aliphatic rings. The average molecular weight is 639 g/mol. The third-order valence-electron chi connectivity index (χ3n) is 10.1. The van der Waals surface area contributed by atoms with E-state index < -0.39 is 5.97 Å². The number of para-hydroxylation sites is 1. The Morgan fingerprint density at radius 2 is 1.70 bits per heavy atom. The molecule has 4 bridgehead atoms. The monoisotopic (exact) mass is 638 g/mol. The number of carbonyl (C=O) groups is 3. The van der Waals surface area contributed by atoms with Crippen LogP contribution in [0.15, 0.2) is 77.7 Å². The average Bonchev–Trinajstić information content (AvgIpc) is 3.07. The van der Waals surface area contributed by atoms with Gasteiger partial charge in [0.15, 0.2) is 5.43 Å². The van der Waals surface area contributed by atoms with Gasteiger partial charge >= 0.3 is 5.97 Å². The highest BCUT2D eigenvalue weighted by Gasteiger charge is 2.56. The van der Waals surface area contributed by atoms with Crippen molar-refractivity contribution in [1.29, 1.82) is 0 Å². The number of fused-ring (bicyclic) bond motifs is 1. The highest BCUT2D eigenvalue weighted by Crippen LogP contribution is 2.55. The van der Waals surface area contributed by atoms with Gasteiger partial charge in [0.2, 0.25) is 5.91 Å². The van der Waals surface area contributed by atoms with Gasteiger partial charge in [0.25, 0.3) is 5.91 Å². The Balaban J connectivity index is 1.15. The molecular weight excluding hydrogens is 604 g/mol. The number of esters is 1. The molecule has 0 aliphatic heterocycles. The number of methoxy groups -OCH3 is 1. The van der Waals surface area contributed by atoms with E-state index in [1.54, 1.807) is 35.0 Å². The number of hydrogen-bond acceptors (Lipinski definition) is 6. The number of amides is 2. The van der Waals surface area contributed by atoms with Gasteiger partial charge in [0.05, 0.1) is 12.5 Å². The van der Waals surface area contributed by atoms with E-state index in [2.05, 4.69) is 15.6 Å². The smallest absolute Gasteiger partial charge is 0.355 e. The maximum atomic E-state index is 13.8. The second-order valence-electron chi connectivity index (χ2n) is 13.0. The van der Waals surface area contributed by atoms with Crippen LogP contribution in [-0.2, 0) is 16.0 Å². The van der Waals surface area contributed by atoms with Crippen LogP contribution < -0.4 is 16.1 Å². The number of halogens is 1. The number of alkyl halides is 1. The number of aromatic nitrogens is 2. The number of ether oxygens (including phenoxy) is 1. The van der Waals surface area contributed by atoms with Crippen LogP contribution in [0.2, 0.25) is 0 Å². The summed E-state index contributed by atoms with van der Waals surface area (Å²) in [6.45, 7) is 0. The topological polar surface area (TPSA) is 119 Å². The van der Waals surface area contributed by atoms with Crippen LogP contribution in [0.1, 0.15) is 64.1 Å². The molecule has 2 aromatic carbocycles. The summed E-state index contributed by atoms with van der Waals surface area (Å²) < 4.78 is 6.85. The maximum Gasteiger partial charge on any atom is 0.355 e. The first-order chi connectivity index (χ1) is 22.3. The molecule has 2 heterocycles. The first kappa shape index (κ1) is 30.2. The Morgan fingerprint density at radius 1 is 0.978 bits per heavy atom. The molecule has 4 aliphatic carbocycles. The van der Waals surface area contributed by atoms with Crippen molar-refractivity contribution in [2.24, 2.45) is 17.8 Å². The molecule has 0 spiro atoms. The second kappa shape index (κ2) is 12.0. The molecule has 0 unspecified atom stereocenters. The molecule has 4 saturated carbocycles. The highest BCUT2D eigenvalue weighted by molar-refractivity contribution is 6.27. The molecule has 10 heteroatoms. The first-order valence-corrected chi connectivity index (χ1v) is 16.3. The predicted molar refractivity (Wildman–Crippen MR) is 174 cm³/mol. The molecule has 2 amide bonds. The zero-order chi connectivity index (χ0) is 32.0. The number of pyridine rings is 2. The van der Waals surface area contributed by atoms with Crippen molar-refractivity contribution < 1.29 is 19.1 Å². The van der Waals surface area contributed by atoms with E-state index in [0.29, 0.717) is 40.0 Å². The van der Waals surface area contributed by atoms with Gasteiger partial charge in [-0.3, -0.25) is 19.0 Å². The molecular formula is C36H35ClN4O5. The van der Waals surface area contributed by atoms with Crippen molar-refractivity contribution in [3.63, 3.8) is 0 Å². The predicted octanol–water partition coefficient (Wildman–Crippen LogP) is 4.80. The fraction of sp³-hybridized carbons (Fsp3) is 0.361. The summed E-state index contributed by atoms with van der Waals surface area (Å²) >= 11 is 5.80. The summed E-state index contributed by atoms with van der Waals surface area (Å²) in [7, 11) is 1.29. The molecule has 4 fully saturated rings. The van der Waals surface area contributed by atoms with E-state index in [9.17, 15) is 19.2 Å². The van der Waals surface area contributed by atoms with E-state index in [0.717, 1.165) is 37.7 Å². The van der Waals surface area contributed by atoms with Crippen LogP contribution in [-0.4, -0.2) is 51.9 Å². The minimum Gasteiger partial charge on any atom is -0.464 e. The van der Waals surface area contributed by atoms with E-state index in [4.69, 9.17) is 16.3 Å². The van der Waals surface area contributed by atoms with Gasteiger partial charge in [-0.05, 0) is 91.8 Å². The second-order valence-corrected chi connectivity index (χ2v) is 13.3. The maximum absolute atomic E-state index is 13.8. The lowest BCUT2D eigenvalue weighted by Gasteiger charge is -2.60. The zero-order valence-electron chi connectivity index (χ0n) is 25.5. The summed E-state index contributed by atoms with van der Waals surface area (Å²) in [5, 5.41) is 6.92. The fourth-order valence-corrected chi connectivity index (χ4v) is 8.59. The molecule has 4 aromatic rings. The van der Waals surface area contributed by atoms with Crippen molar-refractivity contribution in [2.45, 2.75) is 50.1 Å². The molecule has 9 nitrogen and oxygen atoms in total. The van der Waals surface area contributed by atoms with Gasteiger partial charge in [-0.2, -0.15) is 0 Å². The Hall–Kier alpha value is -4.50. The third kappa shape index (κ3) is 5.36. The molecule has 46 heavy (non-hydrogen) atoms. The van der Waals surface area contributed by atoms with E-state index in [-0.39, 0.29) is 52.4 Å². The minimum atomic E-state index is -0.640. The molecule has 2 aromatic heterocycles. The number of hydrogen-bond donors (Lipinski definition) is 2. The summed E-state index contributed by atoms with van der Waals surface area (Å²) in [5.74, 6) is 0.256. The van der Waals surface area contributed by atoms with Crippen molar-refractivity contribution in [3.05, 3.63) is 106 Å². The SMILES string of the molecule is COC(=O)c1c(Cc2ccc(C(=O)N[C@@H]3[C@@H]4C[C@H]5C[C@H]3C[C@](NC(=O)CCl)(C5)C4)cc2)c(=O)c2cccnc2n1-c1ccccc1. The van der Waals surface area contributed by atoms with Gasteiger partial charge in [0.1, 0.15) is 17.2 Å². The van der Waals surface area contributed by atoms with Gasteiger partial charge in [-0.1, -0.05) is 30.3 Å². The lowest BCUT2D eigenvalue weighted by Crippen LogP contribution is -2.66. The van der Waals surface area contributed by atoms with Crippen molar-refractivity contribution in [3.8, 4) is 5.69 Å². The van der Waals surface area contributed by atoms with E-state index in [1.807, 2.05) is 42.5 Å². The van der Waals surface area contributed by atoms with Gasteiger partial charge in [-0.15, -0.1) is 11.6 Å². The number of carbonyl (C=O) groups excluding carboxylic acids is 3. The standard InChI is InChI=1S/C36H35ClN4O5/c1-46-35(45)31-28(32(43)27-8-5-13-38-33(27)41(31)26-6-3-2-4-7-26)16-21-9-11-23(12-10-21)34(44)39-30-24-14-22-15-25(30)19-36(17-22,18-24)40-29(42)20-37/h2-13,22,24-25,30H,14-20H2,1H3,(H,39,44)(H,40,42)/t22-,24+,25-,30+,36-. The molecule has 236 valence electrons. The normalized spacial score (nSPS) is 24.5. The van der Waals surface area contributed by atoms with Gasteiger partial charge in [-0.25, -0.2) is 9.78 Å². The first-order valence-electron chi connectivity index (χ1n) is 15.7. The van der Waals surface area contributed by atoms with Crippen molar-refractivity contribution in [1.82, 2.24) is 20.2 Å². The fourth-order valence-electron chi connectivity index (χ4n) is 8.52. The molecule has 5 atom stereocenters. The van der Waals surface area contributed by atoms with Crippen molar-refractivity contribution in [2.75, 3.05) is 13.0 Å². The van der Waals surface area contributed by atoms with Crippen LogP contribution >= 0.6 is 11.6 Å². The summed E-state index contributed by atoms with van der Waals surface area (Å²) in [6.07, 6.45) is 6.58. The van der Waals surface area contributed by atoms with Crippen molar-refractivity contribution >= 4 is 40.4 Å². The Morgan fingerprint density at radius 3 is 2.37 bits per heavy atom. The van der Waals surface area contributed by atoms with Crippen LogP contribution in [0.3, 0.4) is 0 Å². The number of nitrogens with one attached hydrogen (secondary N) is 2. The Bertz CT molecular complexity index is 1870. The van der Waals surface area contributed by atoms with E-state index in [1.165, 1.54) is 7.11 Å². The largest absolute Gasteiger partial charge is 0.464 e. The lowest BCUT2D eigenvalue weighted by molar-refractivity contribution is -0.125.